The number of hydrogen-bond donors (Lipinski definition) is 1. The van der Waals surface area contributed by atoms with Crippen molar-refractivity contribution in [2.24, 2.45) is 13.0 Å². The molecule has 2 heterocycles. The van der Waals surface area contributed by atoms with Crippen LogP contribution in [0.2, 0.25) is 5.15 Å². The van der Waals surface area contributed by atoms with Gasteiger partial charge in [0.1, 0.15) is 22.8 Å². The third-order valence-electron chi connectivity index (χ3n) is 6.32. The molecule has 0 unspecified atom stereocenters. The molecule has 34 heavy (non-hydrogen) atoms. The third-order valence-corrected chi connectivity index (χ3v) is 6.77. The van der Waals surface area contributed by atoms with E-state index in [1.54, 1.807) is 7.05 Å². The van der Waals surface area contributed by atoms with Crippen LogP contribution in [0.15, 0.2) is 54.7 Å². The lowest BCUT2D eigenvalue weighted by atomic mass is 10.2. The van der Waals surface area contributed by atoms with Crippen molar-refractivity contribution in [2.45, 2.75) is 31.9 Å². The largest absolute Gasteiger partial charge is 0.493 e. The Morgan fingerprint density at radius 1 is 1.09 bits per heavy atom. The Bertz CT molecular complexity index is 1130. The maximum atomic E-state index is 12.3. The maximum Gasteiger partial charge on any atom is 0.256 e. The Labute approximate surface area is 204 Å². The monoisotopic (exact) mass is 480 g/mol. The van der Waals surface area contributed by atoms with E-state index in [-0.39, 0.29) is 12.0 Å². The molecule has 178 valence electrons. The standard InChI is InChI=1S/C26H29ClN4O3/c1-30-25(27)24(15-29-30)26(32)28-14-18-4-8-22(9-5-18)34-23-12-13-31(16-23)20-6-10-21(11-7-20)33-17-19-2-3-19/h4-11,15,19,23H,2-3,12-14,16-17H2,1H3,(H,28,32)/t23-/m1/s1. The average molecular weight is 481 g/mol. The van der Waals surface area contributed by atoms with Crippen molar-refractivity contribution >= 4 is 23.2 Å². The molecule has 2 aromatic carbocycles. The first kappa shape index (κ1) is 22.6. The molecule has 1 aromatic heterocycles. The summed E-state index contributed by atoms with van der Waals surface area (Å²) in [6.07, 6.45) is 5.19. The van der Waals surface area contributed by atoms with Crippen LogP contribution in [0.3, 0.4) is 0 Å². The molecule has 0 radical (unpaired) electrons. The zero-order valence-electron chi connectivity index (χ0n) is 19.2. The van der Waals surface area contributed by atoms with Crippen molar-refractivity contribution in [2.75, 3.05) is 24.6 Å². The van der Waals surface area contributed by atoms with Crippen LogP contribution in [0.25, 0.3) is 0 Å². The van der Waals surface area contributed by atoms with Gasteiger partial charge in [-0.3, -0.25) is 9.48 Å². The molecule has 1 aliphatic heterocycles. The summed E-state index contributed by atoms with van der Waals surface area (Å²) in [6.45, 7) is 3.06. The molecule has 0 spiro atoms. The van der Waals surface area contributed by atoms with Gasteiger partial charge in [0.05, 0.1) is 24.9 Å². The molecule has 1 saturated carbocycles. The lowest BCUT2D eigenvalue weighted by Crippen LogP contribution is -2.24. The highest BCUT2D eigenvalue weighted by molar-refractivity contribution is 6.32. The van der Waals surface area contributed by atoms with Crippen LogP contribution in [0.1, 0.15) is 35.2 Å². The molecule has 1 amide bonds. The second-order valence-corrected chi connectivity index (χ2v) is 9.38. The van der Waals surface area contributed by atoms with E-state index < -0.39 is 0 Å². The molecule has 1 N–H and O–H groups in total. The molecule has 8 heteroatoms. The molecular formula is C26H29ClN4O3. The Balaban J connectivity index is 1.08. The highest BCUT2D eigenvalue weighted by atomic mass is 35.5. The van der Waals surface area contributed by atoms with E-state index in [2.05, 4.69) is 39.6 Å². The van der Waals surface area contributed by atoms with Gasteiger partial charge in [-0.25, -0.2) is 0 Å². The third kappa shape index (κ3) is 5.47. The fourth-order valence-corrected chi connectivity index (χ4v) is 4.22. The Morgan fingerprint density at radius 3 is 2.50 bits per heavy atom. The van der Waals surface area contributed by atoms with Crippen LogP contribution in [0, 0.1) is 5.92 Å². The van der Waals surface area contributed by atoms with Crippen molar-refractivity contribution in [3.05, 3.63) is 71.0 Å². The number of amides is 1. The Kier molecular flexibility index (Phi) is 6.63. The van der Waals surface area contributed by atoms with Crippen molar-refractivity contribution in [3.8, 4) is 11.5 Å². The number of anilines is 1. The highest BCUT2D eigenvalue weighted by Gasteiger charge is 2.25. The van der Waals surface area contributed by atoms with Crippen LogP contribution in [-0.2, 0) is 13.6 Å². The predicted molar refractivity (Wildman–Crippen MR) is 132 cm³/mol. The van der Waals surface area contributed by atoms with Gasteiger partial charge >= 0.3 is 0 Å². The number of nitrogens with one attached hydrogen (secondary N) is 1. The molecular weight excluding hydrogens is 452 g/mol. The molecule has 1 saturated heterocycles. The number of benzene rings is 2. The quantitative estimate of drug-likeness (QED) is 0.490. The Morgan fingerprint density at radius 2 is 1.82 bits per heavy atom. The van der Waals surface area contributed by atoms with E-state index in [0.29, 0.717) is 17.3 Å². The fraction of sp³-hybridized carbons (Fsp3) is 0.385. The average Bonchev–Trinajstić information content (AvgIpc) is 3.48. The smallest absolute Gasteiger partial charge is 0.256 e. The summed E-state index contributed by atoms with van der Waals surface area (Å²) in [5.41, 5.74) is 2.55. The lowest BCUT2D eigenvalue weighted by molar-refractivity contribution is 0.0951. The summed E-state index contributed by atoms with van der Waals surface area (Å²) >= 11 is 6.08. The first-order valence-electron chi connectivity index (χ1n) is 11.7. The Hall–Kier alpha value is -3.19. The summed E-state index contributed by atoms with van der Waals surface area (Å²) in [7, 11) is 1.70. The number of nitrogens with zero attached hydrogens (tertiary/aromatic N) is 3. The van der Waals surface area contributed by atoms with Crippen LogP contribution >= 0.6 is 11.6 Å². The van der Waals surface area contributed by atoms with Crippen LogP contribution in [0.4, 0.5) is 5.69 Å². The van der Waals surface area contributed by atoms with Crippen molar-refractivity contribution in [1.82, 2.24) is 15.1 Å². The second-order valence-electron chi connectivity index (χ2n) is 9.02. The summed E-state index contributed by atoms with van der Waals surface area (Å²) in [4.78, 5) is 14.6. The summed E-state index contributed by atoms with van der Waals surface area (Å²) in [5.74, 6) is 2.30. The summed E-state index contributed by atoms with van der Waals surface area (Å²) in [5, 5.41) is 7.19. The topological polar surface area (TPSA) is 68.6 Å². The normalized spacial score (nSPS) is 17.6. The first-order chi connectivity index (χ1) is 16.5. The summed E-state index contributed by atoms with van der Waals surface area (Å²) < 4.78 is 13.5. The molecule has 7 nitrogen and oxygen atoms in total. The number of carbonyl (C=O) groups excluding carboxylic acids is 1. The number of ether oxygens (including phenoxy) is 2. The minimum Gasteiger partial charge on any atom is -0.493 e. The van der Waals surface area contributed by atoms with Gasteiger partial charge in [0, 0.05) is 32.2 Å². The van der Waals surface area contributed by atoms with Crippen molar-refractivity contribution in [1.29, 1.82) is 0 Å². The van der Waals surface area contributed by atoms with E-state index in [1.807, 2.05) is 24.3 Å². The molecule has 2 aliphatic rings. The number of aromatic nitrogens is 2. The molecule has 2 fully saturated rings. The number of halogens is 1. The minimum atomic E-state index is -0.244. The minimum absolute atomic E-state index is 0.143. The van der Waals surface area contributed by atoms with Gasteiger partial charge in [-0.2, -0.15) is 5.10 Å². The van der Waals surface area contributed by atoms with Crippen LogP contribution in [-0.4, -0.2) is 41.5 Å². The second kappa shape index (κ2) is 9.97. The summed E-state index contributed by atoms with van der Waals surface area (Å²) in [6, 6.07) is 16.2. The molecule has 3 aromatic rings. The van der Waals surface area contributed by atoms with Gasteiger partial charge in [-0.05, 0) is 60.7 Å². The number of carbonyl (C=O) groups is 1. The van der Waals surface area contributed by atoms with Gasteiger partial charge in [-0.15, -0.1) is 0 Å². The molecule has 1 atom stereocenters. The van der Waals surface area contributed by atoms with Gasteiger partial charge in [0.2, 0.25) is 0 Å². The molecule has 1 aliphatic carbocycles. The number of aryl methyl sites for hydroxylation is 1. The zero-order valence-corrected chi connectivity index (χ0v) is 20.0. The molecule has 5 rings (SSSR count). The van der Waals surface area contributed by atoms with Crippen LogP contribution < -0.4 is 19.7 Å². The van der Waals surface area contributed by atoms with E-state index in [9.17, 15) is 4.79 Å². The number of hydrogen-bond acceptors (Lipinski definition) is 5. The SMILES string of the molecule is Cn1ncc(C(=O)NCc2ccc(O[C@@H]3CCN(c4ccc(OCC5CC5)cc4)C3)cc2)c1Cl. The highest BCUT2D eigenvalue weighted by Crippen LogP contribution is 2.30. The predicted octanol–water partition coefficient (Wildman–Crippen LogP) is 4.45. The zero-order chi connectivity index (χ0) is 23.5. The van der Waals surface area contributed by atoms with Crippen molar-refractivity contribution in [3.63, 3.8) is 0 Å². The van der Waals surface area contributed by atoms with Gasteiger partial charge in [0.25, 0.3) is 5.91 Å². The maximum absolute atomic E-state index is 12.3. The van der Waals surface area contributed by atoms with Crippen molar-refractivity contribution < 1.29 is 14.3 Å². The first-order valence-corrected chi connectivity index (χ1v) is 12.1. The lowest BCUT2D eigenvalue weighted by Gasteiger charge is -2.19. The van der Waals surface area contributed by atoms with Crippen LogP contribution in [0.5, 0.6) is 11.5 Å². The van der Waals surface area contributed by atoms with E-state index in [1.165, 1.54) is 29.4 Å². The van der Waals surface area contributed by atoms with E-state index >= 15 is 0 Å². The molecule has 0 bridgehead atoms. The van der Waals surface area contributed by atoms with Gasteiger partial charge in [0.15, 0.2) is 0 Å². The van der Waals surface area contributed by atoms with Gasteiger partial charge < -0.3 is 19.7 Å². The fourth-order valence-electron chi connectivity index (χ4n) is 4.04. The number of rotatable bonds is 9. The van der Waals surface area contributed by atoms with E-state index in [0.717, 1.165) is 49.1 Å². The van der Waals surface area contributed by atoms with E-state index in [4.69, 9.17) is 21.1 Å². The van der Waals surface area contributed by atoms with Gasteiger partial charge in [-0.1, -0.05) is 23.7 Å².